The zero-order valence-electron chi connectivity index (χ0n) is 17.3. The van der Waals surface area contributed by atoms with Crippen LogP contribution in [0.25, 0.3) is 6.08 Å². The molecule has 0 atom stereocenters. The van der Waals surface area contributed by atoms with Gasteiger partial charge < -0.3 is 29.6 Å². The molecular formula is C22H24N2O6. The molecule has 8 heteroatoms. The number of nitrogens with one attached hydrogen (secondary N) is 2. The lowest BCUT2D eigenvalue weighted by Crippen LogP contribution is -2.11. The third kappa shape index (κ3) is 5.54. The number of benzene rings is 2. The summed E-state index contributed by atoms with van der Waals surface area (Å²) in [5, 5.41) is 5.36. The highest BCUT2D eigenvalue weighted by Gasteiger charge is 2.12. The van der Waals surface area contributed by atoms with Gasteiger partial charge in [0.1, 0.15) is 23.0 Å². The van der Waals surface area contributed by atoms with E-state index in [-0.39, 0.29) is 5.91 Å². The first-order valence-corrected chi connectivity index (χ1v) is 8.86. The number of hydrogen-bond donors (Lipinski definition) is 2. The molecule has 0 saturated heterocycles. The SMILES string of the molecule is C=CC(=O)Nc1cc(NC(=O)/C=C/c2c(OC)cc(OC)cc2OC)ccc1OC. The number of anilines is 2. The fourth-order valence-electron chi connectivity index (χ4n) is 2.61. The number of hydrogen-bond acceptors (Lipinski definition) is 6. The first-order valence-electron chi connectivity index (χ1n) is 8.86. The average molecular weight is 412 g/mol. The molecule has 0 aliphatic carbocycles. The number of methoxy groups -OCH3 is 4. The van der Waals surface area contributed by atoms with Gasteiger partial charge in [-0.25, -0.2) is 0 Å². The van der Waals surface area contributed by atoms with Gasteiger partial charge in [0.25, 0.3) is 0 Å². The van der Waals surface area contributed by atoms with E-state index in [1.54, 1.807) is 36.4 Å². The molecule has 30 heavy (non-hydrogen) atoms. The molecule has 2 aromatic rings. The predicted octanol–water partition coefficient (Wildman–Crippen LogP) is 3.50. The molecule has 0 bridgehead atoms. The fraction of sp³-hybridized carbons (Fsp3) is 0.182. The molecule has 0 fully saturated rings. The van der Waals surface area contributed by atoms with Crippen molar-refractivity contribution in [1.29, 1.82) is 0 Å². The van der Waals surface area contributed by atoms with Crippen molar-refractivity contribution in [2.24, 2.45) is 0 Å². The van der Waals surface area contributed by atoms with Crippen molar-refractivity contribution in [2.45, 2.75) is 0 Å². The maximum atomic E-state index is 12.4. The van der Waals surface area contributed by atoms with Crippen LogP contribution in [-0.2, 0) is 9.59 Å². The van der Waals surface area contributed by atoms with Crippen molar-refractivity contribution in [3.63, 3.8) is 0 Å². The smallest absolute Gasteiger partial charge is 0.248 e. The molecule has 0 aromatic heterocycles. The minimum absolute atomic E-state index is 0.388. The number of ether oxygens (including phenoxy) is 4. The highest BCUT2D eigenvalue weighted by Crippen LogP contribution is 2.35. The fourth-order valence-corrected chi connectivity index (χ4v) is 2.61. The van der Waals surface area contributed by atoms with Gasteiger partial charge in [0.05, 0.1) is 39.7 Å². The van der Waals surface area contributed by atoms with Crippen LogP contribution in [0.5, 0.6) is 23.0 Å². The Hall–Kier alpha value is -3.94. The van der Waals surface area contributed by atoms with Crippen LogP contribution in [0.4, 0.5) is 11.4 Å². The number of carbonyl (C=O) groups is 2. The molecule has 0 heterocycles. The summed E-state index contributed by atoms with van der Waals surface area (Å²) in [6, 6.07) is 8.26. The molecule has 158 valence electrons. The van der Waals surface area contributed by atoms with E-state index in [1.807, 2.05) is 0 Å². The van der Waals surface area contributed by atoms with Crippen LogP contribution in [0.2, 0.25) is 0 Å². The Bertz CT molecular complexity index is 943. The second-order valence-electron chi connectivity index (χ2n) is 5.88. The van der Waals surface area contributed by atoms with Gasteiger partial charge in [-0.05, 0) is 30.4 Å². The lowest BCUT2D eigenvalue weighted by Gasteiger charge is -2.13. The Morgan fingerprint density at radius 3 is 2.00 bits per heavy atom. The summed E-state index contributed by atoms with van der Waals surface area (Å²) >= 11 is 0. The standard InChI is InChI=1S/C22H24N2O6/c1-6-21(25)24-17-11-14(7-9-18(17)28-3)23-22(26)10-8-16-19(29-4)12-15(27-2)13-20(16)30-5/h6-13H,1H2,2-5H3,(H,23,26)(H,24,25)/b10-8+. The van der Waals surface area contributed by atoms with Crippen molar-refractivity contribution in [3.05, 3.63) is 54.6 Å². The summed E-state index contributed by atoms with van der Waals surface area (Å²) in [5.41, 5.74) is 1.46. The third-order valence-corrected chi connectivity index (χ3v) is 4.06. The minimum atomic E-state index is -0.393. The first kappa shape index (κ1) is 22.4. The average Bonchev–Trinajstić information content (AvgIpc) is 2.77. The normalized spacial score (nSPS) is 10.3. The molecule has 8 nitrogen and oxygen atoms in total. The Kier molecular flexibility index (Phi) is 7.87. The highest BCUT2D eigenvalue weighted by atomic mass is 16.5. The van der Waals surface area contributed by atoms with Gasteiger partial charge in [0.2, 0.25) is 11.8 Å². The van der Waals surface area contributed by atoms with Crippen molar-refractivity contribution in [2.75, 3.05) is 39.1 Å². The summed E-state index contributed by atoms with van der Waals surface area (Å²) in [7, 11) is 6.05. The van der Waals surface area contributed by atoms with E-state index in [4.69, 9.17) is 18.9 Å². The van der Waals surface area contributed by atoms with E-state index in [9.17, 15) is 9.59 Å². The van der Waals surface area contributed by atoms with Crippen LogP contribution in [0, 0.1) is 0 Å². The van der Waals surface area contributed by atoms with Crippen LogP contribution < -0.4 is 29.6 Å². The van der Waals surface area contributed by atoms with Crippen LogP contribution >= 0.6 is 0 Å². The van der Waals surface area contributed by atoms with Crippen molar-refractivity contribution in [3.8, 4) is 23.0 Å². The zero-order valence-corrected chi connectivity index (χ0v) is 17.3. The Morgan fingerprint density at radius 1 is 0.833 bits per heavy atom. The van der Waals surface area contributed by atoms with E-state index in [2.05, 4.69) is 17.2 Å². The van der Waals surface area contributed by atoms with E-state index < -0.39 is 5.91 Å². The molecule has 0 spiro atoms. The second kappa shape index (κ2) is 10.6. The molecule has 2 N–H and O–H groups in total. The van der Waals surface area contributed by atoms with Gasteiger partial charge in [-0.2, -0.15) is 0 Å². The van der Waals surface area contributed by atoms with E-state index in [0.29, 0.717) is 39.9 Å². The van der Waals surface area contributed by atoms with Crippen LogP contribution in [0.3, 0.4) is 0 Å². The largest absolute Gasteiger partial charge is 0.496 e. The van der Waals surface area contributed by atoms with Gasteiger partial charge >= 0.3 is 0 Å². The summed E-state index contributed by atoms with van der Waals surface area (Å²) in [4.78, 5) is 24.0. The lowest BCUT2D eigenvalue weighted by molar-refractivity contribution is -0.112. The van der Waals surface area contributed by atoms with Crippen molar-refractivity contribution >= 4 is 29.3 Å². The van der Waals surface area contributed by atoms with Crippen LogP contribution in [0.15, 0.2) is 49.1 Å². The first-order chi connectivity index (χ1) is 14.4. The molecular weight excluding hydrogens is 388 g/mol. The third-order valence-electron chi connectivity index (χ3n) is 4.06. The second-order valence-corrected chi connectivity index (χ2v) is 5.88. The number of rotatable bonds is 9. The summed E-state index contributed by atoms with van der Waals surface area (Å²) in [6.07, 6.45) is 4.07. The Balaban J connectivity index is 2.23. The zero-order chi connectivity index (χ0) is 22.1. The maximum absolute atomic E-state index is 12.4. The molecule has 0 aliphatic heterocycles. The van der Waals surface area contributed by atoms with Gasteiger partial charge in [0.15, 0.2) is 0 Å². The van der Waals surface area contributed by atoms with Crippen LogP contribution in [-0.4, -0.2) is 40.3 Å². The van der Waals surface area contributed by atoms with Gasteiger partial charge in [-0.15, -0.1) is 0 Å². The van der Waals surface area contributed by atoms with Gasteiger partial charge in [-0.1, -0.05) is 6.58 Å². The highest BCUT2D eigenvalue weighted by molar-refractivity contribution is 6.04. The van der Waals surface area contributed by atoms with Crippen molar-refractivity contribution < 1.29 is 28.5 Å². The summed E-state index contributed by atoms with van der Waals surface area (Å²) in [5.74, 6) is 1.23. The molecule has 2 amide bonds. The minimum Gasteiger partial charge on any atom is -0.496 e. The Morgan fingerprint density at radius 2 is 1.47 bits per heavy atom. The van der Waals surface area contributed by atoms with Crippen LogP contribution in [0.1, 0.15) is 5.56 Å². The van der Waals surface area contributed by atoms with E-state index in [0.717, 1.165) is 6.08 Å². The quantitative estimate of drug-likeness (QED) is 0.612. The summed E-state index contributed by atoms with van der Waals surface area (Å²) in [6.45, 7) is 3.42. The van der Waals surface area contributed by atoms with Crippen molar-refractivity contribution in [1.82, 2.24) is 0 Å². The molecule has 2 rings (SSSR count). The molecule has 0 aliphatic rings. The number of carbonyl (C=O) groups excluding carboxylic acids is 2. The van der Waals surface area contributed by atoms with E-state index >= 15 is 0 Å². The summed E-state index contributed by atoms with van der Waals surface area (Å²) < 4.78 is 21.2. The maximum Gasteiger partial charge on any atom is 0.248 e. The molecule has 0 radical (unpaired) electrons. The molecule has 2 aromatic carbocycles. The van der Waals surface area contributed by atoms with Gasteiger partial charge in [0, 0.05) is 23.9 Å². The van der Waals surface area contributed by atoms with Gasteiger partial charge in [-0.3, -0.25) is 9.59 Å². The monoisotopic (exact) mass is 412 g/mol. The Labute approximate surface area is 175 Å². The lowest BCUT2D eigenvalue weighted by atomic mass is 10.1. The van der Waals surface area contributed by atoms with E-state index in [1.165, 1.54) is 34.5 Å². The number of amides is 2. The topological polar surface area (TPSA) is 95.1 Å². The molecule has 0 saturated carbocycles. The molecule has 0 unspecified atom stereocenters. The predicted molar refractivity (Wildman–Crippen MR) is 116 cm³/mol.